The van der Waals surface area contributed by atoms with E-state index in [0.717, 1.165) is 27.0 Å². The van der Waals surface area contributed by atoms with Crippen LogP contribution in [0, 0.1) is 0 Å². The number of fused-ring (bicyclic) bond motifs is 3. The van der Waals surface area contributed by atoms with Crippen molar-refractivity contribution < 1.29 is 14.3 Å². The summed E-state index contributed by atoms with van der Waals surface area (Å²) in [5.41, 5.74) is 3.24. The minimum atomic E-state index is -0.167. The molecular formula is C20H18N4O3S. The third kappa shape index (κ3) is 3.46. The maximum absolute atomic E-state index is 12.5. The summed E-state index contributed by atoms with van der Waals surface area (Å²) >= 11 is 1.35. The summed E-state index contributed by atoms with van der Waals surface area (Å²) in [7, 11) is 3.13. The van der Waals surface area contributed by atoms with Crippen LogP contribution in [0.15, 0.2) is 53.8 Å². The van der Waals surface area contributed by atoms with Gasteiger partial charge in [-0.1, -0.05) is 30.0 Å². The van der Waals surface area contributed by atoms with Gasteiger partial charge in [-0.2, -0.15) is 0 Å². The van der Waals surface area contributed by atoms with Crippen molar-refractivity contribution in [3.05, 3.63) is 48.8 Å². The van der Waals surface area contributed by atoms with Crippen LogP contribution >= 0.6 is 11.8 Å². The molecule has 2 N–H and O–H groups in total. The number of rotatable bonds is 6. The van der Waals surface area contributed by atoms with Crippen molar-refractivity contribution in [3.8, 4) is 11.5 Å². The van der Waals surface area contributed by atoms with Crippen LogP contribution < -0.4 is 14.8 Å². The molecule has 4 aromatic rings. The normalized spacial score (nSPS) is 10.9. The molecule has 0 unspecified atom stereocenters. The number of aromatic amines is 1. The van der Waals surface area contributed by atoms with Crippen molar-refractivity contribution in [3.63, 3.8) is 0 Å². The van der Waals surface area contributed by atoms with Crippen LogP contribution in [0.3, 0.4) is 0 Å². The number of benzene rings is 2. The zero-order valence-electron chi connectivity index (χ0n) is 15.4. The molecule has 0 aliphatic heterocycles. The molecule has 0 aliphatic rings. The summed E-state index contributed by atoms with van der Waals surface area (Å²) in [5, 5.41) is 4.63. The molecule has 0 saturated heterocycles. The van der Waals surface area contributed by atoms with Crippen LogP contribution in [0.4, 0.5) is 5.69 Å². The molecule has 0 atom stereocenters. The van der Waals surface area contributed by atoms with Gasteiger partial charge in [0.1, 0.15) is 28.4 Å². The minimum Gasteiger partial charge on any atom is -0.497 e. The van der Waals surface area contributed by atoms with Crippen molar-refractivity contribution in [2.45, 2.75) is 5.03 Å². The van der Waals surface area contributed by atoms with Crippen LogP contribution in [0.1, 0.15) is 0 Å². The third-order valence-corrected chi connectivity index (χ3v) is 5.26. The van der Waals surface area contributed by atoms with E-state index in [1.807, 2.05) is 24.3 Å². The number of thioether (sulfide) groups is 1. The Labute approximate surface area is 165 Å². The van der Waals surface area contributed by atoms with Gasteiger partial charge in [0.15, 0.2) is 0 Å². The van der Waals surface area contributed by atoms with Gasteiger partial charge in [0.05, 0.1) is 31.2 Å². The molecule has 1 amide bonds. The molecule has 0 fully saturated rings. The van der Waals surface area contributed by atoms with Gasteiger partial charge >= 0.3 is 0 Å². The number of carbonyl (C=O) groups is 1. The predicted octanol–water partition coefficient (Wildman–Crippen LogP) is 3.86. The topological polar surface area (TPSA) is 89.1 Å². The summed E-state index contributed by atoms with van der Waals surface area (Å²) < 4.78 is 10.5. The first-order chi connectivity index (χ1) is 13.7. The molecule has 2 heterocycles. The van der Waals surface area contributed by atoms with Crippen LogP contribution in [0.5, 0.6) is 11.5 Å². The van der Waals surface area contributed by atoms with Crippen molar-refractivity contribution in [1.29, 1.82) is 0 Å². The number of H-pyrrole nitrogens is 1. The van der Waals surface area contributed by atoms with E-state index in [0.29, 0.717) is 17.2 Å². The quantitative estimate of drug-likeness (QED) is 0.381. The maximum Gasteiger partial charge on any atom is 0.234 e. The number of carbonyl (C=O) groups excluding carboxylic acids is 1. The molecule has 0 radical (unpaired) electrons. The molecule has 4 rings (SSSR count). The van der Waals surface area contributed by atoms with Gasteiger partial charge in [0.25, 0.3) is 0 Å². The van der Waals surface area contributed by atoms with Crippen molar-refractivity contribution in [2.75, 3.05) is 25.3 Å². The number of hydrogen-bond donors (Lipinski definition) is 2. The number of amides is 1. The molecule has 2 aromatic carbocycles. The van der Waals surface area contributed by atoms with E-state index in [9.17, 15) is 4.79 Å². The Bertz CT molecular complexity index is 1160. The number of ether oxygens (including phenoxy) is 2. The van der Waals surface area contributed by atoms with Gasteiger partial charge in [-0.3, -0.25) is 4.79 Å². The number of nitrogens with one attached hydrogen (secondary N) is 2. The Hall–Kier alpha value is -3.26. The van der Waals surface area contributed by atoms with E-state index in [2.05, 4.69) is 20.3 Å². The first-order valence-corrected chi connectivity index (χ1v) is 9.54. The number of hydrogen-bond acceptors (Lipinski definition) is 6. The van der Waals surface area contributed by atoms with Crippen LogP contribution in [0.25, 0.3) is 21.9 Å². The SMILES string of the molecule is COc1ccc(OC)c(NC(=O)CSc2ncnc3c2[nH]c2ccccc23)c1. The van der Waals surface area contributed by atoms with E-state index in [1.165, 1.54) is 18.1 Å². The zero-order chi connectivity index (χ0) is 19.5. The standard InChI is InChI=1S/C20H18N4O3S/c1-26-12-7-8-16(27-2)15(9-12)23-17(25)10-28-20-19-18(21-11-22-20)13-5-3-4-6-14(13)24-19/h3-9,11,24H,10H2,1-2H3,(H,23,25). The van der Waals surface area contributed by atoms with Crippen LogP contribution in [-0.4, -0.2) is 40.8 Å². The fourth-order valence-electron chi connectivity index (χ4n) is 2.96. The number of methoxy groups -OCH3 is 2. The predicted molar refractivity (Wildman–Crippen MR) is 110 cm³/mol. The Morgan fingerprint density at radius 2 is 2.00 bits per heavy atom. The van der Waals surface area contributed by atoms with Gasteiger partial charge in [0, 0.05) is 17.0 Å². The zero-order valence-corrected chi connectivity index (χ0v) is 16.2. The first kappa shape index (κ1) is 18.1. The van der Waals surface area contributed by atoms with Crippen LogP contribution in [-0.2, 0) is 4.79 Å². The van der Waals surface area contributed by atoms with Gasteiger partial charge in [-0.05, 0) is 18.2 Å². The summed E-state index contributed by atoms with van der Waals surface area (Å²) in [6, 6.07) is 13.2. The highest BCUT2D eigenvalue weighted by Crippen LogP contribution is 2.31. The summed E-state index contributed by atoms with van der Waals surface area (Å²) in [6.07, 6.45) is 1.52. The fraction of sp³-hybridized carbons (Fsp3) is 0.150. The number of nitrogens with zero attached hydrogens (tertiary/aromatic N) is 2. The molecular weight excluding hydrogens is 376 g/mol. The molecule has 0 bridgehead atoms. The van der Waals surface area contributed by atoms with Crippen molar-refractivity contribution in [2.24, 2.45) is 0 Å². The Kier molecular flexibility index (Phi) is 5.03. The minimum absolute atomic E-state index is 0.167. The lowest BCUT2D eigenvalue weighted by atomic mass is 10.2. The second-order valence-corrected chi connectivity index (χ2v) is 6.94. The van der Waals surface area contributed by atoms with Gasteiger partial charge in [-0.15, -0.1) is 0 Å². The average molecular weight is 394 g/mol. The van der Waals surface area contributed by atoms with Gasteiger partial charge < -0.3 is 19.8 Å². The van der Waals surface area contributed by atoms with E-state index in [1.54, 1.807) is 32.4 Å². The molecule has 28 heavy (non-hydrogen) atoms. The molecule has 7 nitrogen and oxygen atoms in total. The molecule has 2 aromatic heterocycles. The largest absolute Gasteiger partial charge is 0.497 e. The number of para-hydroxylation sites is 1. The lowest BCUT2D eigenvalue weighted by Crippen LogP contribution is -2.15. The highest BCUT2D eigenvalue weighted by molar-refractivity contribution is 8.00. The third-order valence-electron chi connectivity index (χ3n) is 4.28. The Morgan fingerprint density at radius 1 is 1.14 bits per heavy atom. The van der Waals surface area contributed by atoms with Crippen LogP contribution in [0.2, 0.25) is 0 Å². The Morgan fingerprint density at radius 3 is 2.82 bits per heavy atom. The van der Waals surface area contributed by atoms with Crippen molar-refractivity contribution >= 4 is 45.3 Å². The molecule has 8 heteroatoms. The lowest BCUT2D eigenvalue weighted by molar-refractivity contribution is -0.113. The second-order valence-electron chi connectivity index (χ2n) is 5.98. The summed E-state index contributed by atoms with van der Waals surface area (Å²) in [6.45, 7) is 0. The average Bonchev–Trinajstić information content (AvgIpc) is 3.11. The molecule has 0 saturated carbocycles. The van der Waals surface area contributed by atoms with Gasteiger partial charge in [-0.25, -0.2) is 9.97 Å². The van der Waals surface area contributed by atoms with E-state index in [-0.39, 0.29) is 11.7 Å². The highest BCUT2D eigenvalue weighted by Gasteiger charge is 2.14. The molecule has 0 spiro atoms. The van der Waals surface area contributed by atoms with E-state index in [4.69, 9.17) is 9.47 Å². The molecule has 0 aliphatic carbocycles. The van der Waals surface area contributed by atoms with E-state index >= 15 is 0 Å². The number of anilines is 1. The summed E-state index contributed by atoms with van der Waals surface area (Å²) in [4.78, 5) is 24.5. The van der Waals surface area contributed by atoms with Gasteiger partial charge in [0.2, 0.25) is 5.91 Å². The summed E-state index contributed by atoms with van der Waals surface area (Å²) in [5.74, 6) is 1.24. The molecule has 142 valence electrons. The maximum atomic E-state index is 12.5. The van der Waals surface area contributed by atoms with Crippen molar-refractivity contribution in [1.82, 2.24) is 15.0 Å². The van der Waals surface area contributed by atoms with E-state index < -0.39 is 0 Å². The monoisotopic (exact) mass is 394 g/mol. The fourth-order valence-corrected chi connectivity index (χ4v) is 3.71. The number of aromatic nitrogens is 3. The second kappa shape index (κ2) is 7.77. The highest BCUT2D eigenvalue weighted by atomic mass is 32.2. The first-order valence-electron chi connectivity index (χ1n) is 8.55. The lowest BCUT2D eigenvalue weighted by Gasteiger charge is -2.11. The Balaban J connectivity index is 1.53. The smallest absolute Gasteiger partial charge is 0.234 e.